The third-order valence-electron chi connectivity index (χ3n) is 2.67. The van der Waals surface area contributed by atoms with E-state index in [1.807, 2.05) is 6.92 Å². The molecule has 2 aromatic carbocycles. The summed E-state index contributed by atoms with van der Waals surface area (Å²) in [6, 6.07) is 10.3. The molecule has 0 bridgehead atoms. The van der Waals surface area contributed by atoms with Gasteiger partial charge in [0.1, 0.15) is 5.69 Å². The molecule has 0 saturated heterocycles. The van der Waals surface area contributed by atoms with Gasteiger partial charge in [-0.25, -0.2) is 0 Å². The molecule has 1 N–H and O–H groups in total. The molecule has 110 valence electrons. The maximum absolute atomic E-state index is 11.3. The van der Waals surface area contributed by atoms with E-state index in [1.165, 1.54) is 11.8 Å². The number of rotatable bonds is 5. The van der Waals surface area contributed by atoms with E-state index in [9.17, 15) is 10.1 Å². The Hall–Kier alpha value is -1.43. The fraction of sp³-hybridized carbons (Fsp3) is 0.143. The molecule has 7 heteroatoms. The van der Waals surface area contributed by atoms with Crippen LogP contribution in [0.3, 0.4) is 0 Å². The smallest absolute Gasteiger partial charge is 0.306 e. The Morgan fingerprint density at radius 2 is 2.00 bits per heavy atom. The molecule has 0 aliphatic carbocycles. The molecule has 0 unspecified atom stereocenters. The SMILES string of the molecule is CCNc1cccc(Sc2ccc(Cl)c(Cl)c2)c1[N+](=O)[O-]. The van der Waals surface area contributed by atoms with Crippen molar-refractivity contribution >= 4 is 46.3 Å². The van der Waals surface area contributed by atoms with Crippen molar-refractivity contribution in [1.29, 1.82) is 0 Å². The highest BCUT2D eigenvalue weighted by molar-refractivity contribution is 7.99. The van der Waals surface area contributed by atoms with Crippen LogP contribution in [0, 0.1) is 10.1 Å². The highest BCUT2D eigenvalue weighted by atomic mass is 35.5. The molecular weight excluding hydrogens is 331 g/mol. The van der Waals surface area contributed by atoms with Crippen LogP contribution in [-0.2, 0) is 0 Å². The summed E-state index contributed by atoms with van der Waals surface area (Å²) in [4.78, 5) is 12.3. The van der Waals surface area contributed by atoms with E-state index in [1.54, 1.807) is 36.4 Å². The fourth-order valence-corrected chi connectivity index (χ4v) is 3.15. The number of nitro benzene ring substituents is 1. The number of nitrogens with one attached hydrogen (secondary N) is 1. The lowest BCUT2D eigenvalue weighted by Crippen LogP contribution is -2.02. The van der Waals surface area contributed by atoms with E-state index in [0.717, 1.165) is 4.90 Å². The summed E-state index contributed by atoms with van der Waals surface area (Å²) in [5.74, 6) is 0. The Balaban J connectivity index is 2.41. The molecule has 0 spiro atoms. The monoisotopic (exact) mass is 342 g/mol. The van der Waals surface area contributed by atoms with E-state index in [0.29, 0.717) is 27.2 Å². The van der Waals surface area contributed by atoms with Crippen LogP contribution in [0.5, 0.6) is 0 Å². The molecule has 4 nitrogen and oxygen atoms in total. The lowest BCUT2D eigenvalue weighted by molar-refractivity contribution is -0.386. The summed E-state index contributed by atoms with van der Waals surface area (Å²) < 4.78 is 0. The third kappa shape index (κ3) is 3.81. The van der Waals surface area contributed by atoms with Crippen LogP contribution in [-0.4, -0.2) is 11.5 Å². The number of halogens is 2. The molecule has 2 aromatic rings. The van der Waals surface area contributed by atoms with E-state index in [4.69, 9.17) is 23.2 Å². The summed E-state index contributed by atoms with van der Waals surface area (Å²) >= 11 is 13.1. The summed E-state index contributed by atoms with van der Waals surface area (Å²) in [6.07, 6.45) is 0. The first-order valence-corrected chi connectivity index (χ1v) is 7.74. The van der Waals surface area contributed by atoms with E-state index >= 15 is 0 Å². The van der Waals surface area contributed by atoms with Gasteiger partial charge in [0.15, 0.2) is 0 Å². The van der Waals surface area contributed by atoms with Crippen LogP contribution < -0.4 is 5.32 Å². The minimum atomic E-state index is -0.377. The predicted octanol–water partition coefficient (Wildman–Crippen LogP) is 5.48. The molecule has 0 amide bonds. The van der Waals surface area contributed by atoms with Gasteiger partial charge in [-0.05, 0) is 37.3 Å². The molecular formula is C14H12Cl2N2O2S. The maximum atomic E-state index is 11.3. The number of hydrogen-bond donors (Lipinski definition) is 1. The van der Waals surface area contributed by atoms with Crippen LogP contribution in [0.15, 0.2) is 46.2 Å². The van der Waals surface area contributed by atoms with Crippen molar-refractivity contribution in [3.63, 3.8) is 0 Å². The minimum Gasteiger partial charge on any atom is -0.380 e. The zero-order chi connectivity index (χ0) is 15.4. The Labute approximate surface area is 136 Å². The number of nitro groups is 1. The first-order valence-electron chi connectivity index (χ1n) is 6.17. The van der Waals surface area contributed by atoms with E-state index in [2.05, 4.69) is 5.32 Å². The number of anilines is 1. The zero-order valence-electron chi connectivity index (χ0n) is 11.1. The highest BCUT2D eigenvalue weighted by Crippen LogP contribution is 2.40. The van der Waals surface area contributed by atoms with Crippen molar-refractivity contribution in [2.75, 3.05) is 11.9 Å². The Kier molecular flexibility index (Phi) is 5.33. The fourth-order valence-electron chi connectivity index (χ4n) is 1.79. The molecule has 2 rings (SSSR count). The molecule has 0 aliphatic rings. The lowest BCUT2D eigenvalue weighted by atomic mass is 10.2. The Morgan fingerprint density at radius 1 is 1.24 bits per heavy atom. The molecule has 21 heavy (non-hydrogen) atoms. The lowest BCUT2D eigenvalue weighted by Gasteiger charge is -2.09. The van der Waals surface area contributed by atoms with Gasteiger partial charge in [0.05, 0.1) is 19.9 Å². The van der Waals surface area contributed by atoms with Crippen LogP contribution in [0.2, 0.25) is 10.0 Å². The second-order valence-corrected chi connectivity index (χ2v) is 6.05. The van der Waals surface area contributed by atoms with Crippen LogP contribution in [0.25, 0.3) is 0 Å². The van der Waals surface area contributed by atoms with Gasteiger partial charge in [0, 0.05) is 11.4 Å². The van der Waals surface area contributed by atoms with Gasteiger partial charge in [-0.15, -0.1) is 0 Å². The second-order valence-electron chi connectivity index (χ2n) is 4.12. The van der Waals surface area contributed by atoms with Gasteiger partial charge in [0.25, 0.3) is 0 Å². The summed E-state index contributed by atoms with van der Waals surface area (Å²) in [7, 11) is 0. The van der Waals surface area contributed by atoms with Gasteiger partial charge in [-0.2, -0.15) is 0 Å². The Morgan fingerprint density at radius 3 is 2.62 bits per heavy atom. The topological polar surface area (TPSA) is 55.2 Å². The van der Waals surface area contributed by atoms with Gasteiger partial charge in [-0.1, -0.05) is 41.0 Å². The highest BCUT2D eigenvalue weighted by Gasteiger charge is 2.20. The van der Waals surface area contributed by atoms with Crippen molar-refractivity contribution in [2.24, 2.45) is 0 Å². The number of para-hydroxylation sites is 1. The van der Waals surface area contributed by atoms with Crippen LogP contribution >= 0.6 is 35.0 Å². The second kappa shape index (κ2) is 7.02. The normalized spacial score (nSPS) is 10.4. The van der Waals surface area contributed by atoms with Crippen molar-refractivity contribution in [3.05, 3.63) is 56.6 Å². The van der Waals surface area contributed by atoms with Crippen molar-refractivity contribution in [1.82, 2.24) is 0 Å². The van der Waals surface area contributed by atoms with Gasteiger partial charge >= 0.3 is 5.69 Å². The van der Waals surface area contributed by atoms with Crippen molar-refractivity contribution in [2.45, 2.75) is 16.7 Å². The van der Waals surface area contributed by atoms with E-state index in [-0.39, 0.29) is 10.6 Å². The van der Waals surface area contributed by atoms with Gasteiger partial charge in [0.2, 0.25) is 0 Å². The van der Waals surface area contributed by atoms with E-state index < -0.39 is 0 Å². The largest absolute Gasteiger partial charge is 0.380 e. The molecule has 0 atom stereocenters. The standard InChI is InChI=1S/C14H12Cl2N2O2S/c1-2-17-12-4-3-5-13(14(12)18(19)20)21-9-6-7-10(15)11(16)8-9/h3-8,17H,2H2,1H3. The van der Waals surface area contributed by atoms with Crippen molar-refractivity contribution in [3.8, 4) is 0 Å². The molecule has 0 aliphatic heterocycles. The average molecular weight is 343 g/mol. The first kappa shape index (κ1) is 15.9. The average Bonchev–Trinajstić information content (AvgIpc) is 2.43. The first-order chi connectivity index (χ1) is 10.0. The Bertz CT molecular complexity index is 680. The van der Waals surface area contributed by atoms with Gasteiger partial charge < -0.3 is 5.32 Å². The molecule has 0 fully saturated rings. The minimum absolute atomic E-state index is 0.0652. The number of hydrogen-bond acceptors (Lipinski definition) is 4. The van der Waals surface area contributed by atoms with Crippen molar-refractivity contribution < 1.29 is 4.92 Å². The molecule has 0 aromatic heterocycles. The number of benzene rings is 2. The summed E-state index contributed by atoms with van der Waals surface area (Å²) in [5.41, 5.74) is 0.572. The van der Waals surface area contributed by atoms with Gasteiger partial charge in [-0.3, -0.25) is 10.1 Å². The van der Waals surface area contributed by atoms with Crippen LogP contribution in [0.4, 0.5) is 11.4 Å². The zero-order valence-corrected chi connectivity index (χ0v) is 13.4. The maximum Gasteiger partial charge on any atom is 0.306 e. The summed E-state index contributed by atoms with van der Waals surface area (Å²) in [5, 5.41) is 15.2. The summed E-state index contributed by atoms with van der Waals surface area (Å²) in [6.45, 7) is 2.50. The number of nitrogens with zero attached hydrogens (tertiary/aromatic N) is 1. The quantitative estimate of drug-likeness (QED) is 0.576. The third-order valence-corrected chi connectivity index (χ3v) is 4.45. The molecule has 0 heterocycles. The van der Waals surface area contributed by atoms with Crippen LogP contribution in [0.1, 0.15) is 6.92 Å². The molecule has 0 radical (unpaired) electrons. The predicted molar refractivity (Wildman–Crippen MR) is 87.8 cm³/mol. The molecule has 0 saturated carbocycles.